The Morgan fingerprint density at radius 2 is 2.07 bits per heavy atom. The topological polar surface area (TPSA) is 52.0 Å². The Kier molecular flexibility index (Phi) is 2.70. The van der Waals surface area contributed by atoms with E-state index in [4.69, 9.17) is 11.5 Å². The molecule has 0 spiro atoms. The molecule has 0 saturated heterocycles. The normalized spacial score (nSPS) is 10.5. The first-order valence-corrected chi connectivity index (χ1v) is 5.41. The largest absolute Gasteiger partial charge is 0.398 e. The Labute approximate surface area is 91.3 Å². The fourth-order valence-corrected chi connectivity index (χ4v) is 2.26. The van der Waals surface area contributed by atoms with E-state index in [1.165, 1.54) is 23.5 Å². The number of hydrogen-bond donors (Lipinski definition) is 2. The van der Waals surface area contributed by atoms with Crippen molar-refractivity contribution in [3.8, 4) is 10.4 Å². The van der Waals surface area contributed by atoms with Gasteiger partial charge >= 0.3 is 0 Å². The number of anilines is 1. The van der Waals surface area contributed by atoms with E-state index in [0.717, 1.165) is 16.0 Å². The van der Waals surface area contributed by atoms with Gasteiger partial charge in [0, 0.05) is 6.54 Å². The Morgan fingerprint density at radius 1 is 1.27 bits per heavy atom. The second-order valence-electron chi connectivity index (χ2n) is 3.26. The monoisotopic (exact) mass is 222 g/mol. The fourth-order valence-electron chi connectivity index (χ4n) is 1.45. The third-order valence-electron chi connectivity index (χ3n) is 2.15. The van der Waals surface area contributed by atoms with Gasteiger partial charge in [0.15, 0.2) is 0 Å². The number of thiophene rings is 1. The van der Waals surface area contributed by atoms with E-state index in [1.807, 2.05) is 17.5 Å². The first kappa shape index (κ1) is 10.1. The molecule has 0 radical (unpaired) electrons. The standard InChI is InChI=1S/C11H11FN2S/c12-9-4-7(6-13)3-8(5-9)11-10(14)1-2-15-11/h1-5H,6,13-14H2. The molecule has 1 aromatic carbocycles. The molecule has 0 aliphatic rings. The van der Waals surface area contributed by atoms with Gasteiger partial charge in [-0.25, -0.2) is 4.39 Å². The highest BCUT2D eigenvalue weighted by Gasteiger charge is 2.06. The van der Waals surface area contributed by atoms with Crippen molar-refractivity contribution in [3.63, 3.8) is 0 Å². The first-order chi connectivity index (χ1) is 7.20. The molecule has 0 unspecified atom stereocenters. The van der Waals surface area contributed by atoms with Gasteiger partial charge in [-0.05, 0) is 40.8 Å². The van der Waals surface area contributed by atoms with Crippen molar-refractivity contribution < 1.29 is 4.39 Å². The minimum Gasteiger partial charge on any atom is -0.398 e. The van der Waals surface area contributed by atoms with E-state index in [2.05, 4.69) is 0 Å². The lowest BCUT2D eigenvalue weighted by atomic mass is 10.1. The molecule has 0 amide bonds. The highest BCUT2D eigenvalue weighted by Crippen LogP contribution is 2.32. The van der Waals surface area contributed by atoms with E-state index in [0.29, 0.717) is 12.2 Å². The Morgan fingerprint density at radius 3 is 2.67 bits per heavy atom. The minimum absolute atomic E-state index is 0.277. The average molecular weight is 222 g/mol. The van der Waals surface area contributed by atoms with Gasteiger partial charge in [-0.1, -0.05) is 0 Å². The van der Waals surface area contributed by atoms with Crippen molar-refractivity contribution in [2.24, 2.45) is 5.73 Å². The molecule has 4 heteroatoms. The van der Waals surface area contributed by atoms with Gasteiger partial charge in [-0.2, -0.15) is 0 Å². The van der Waals surface area contributed by atoms with Crippen LogP contribution in [0.4, 0.5) is 10.1 Å². The SMILES string of the molecule is NCc1cc(F)cc(-c2sccc2N)c1. The van der Waals surface area contributed by atoms with Crippen molar-refractivity contribution in [3.05, 3.63) is 41.0 Å². The maximum absolute atomic E-state index is 13.2. The van der Waals surface area contributed by atoms with E-state index >= 15 is 0 Å². The van der Waals surface area contributed by atoms with Crippen LogP contribution in [0.2, 0.25) is 0 Å². The van der Waals surface area contributed by atoms with Crippen LogP contribution in [0.1, 0.15) is 5.56 Å². The quantitative estimate of drug-likeness (QED) is 0.820. The van der Waals surface area contributed by atoms with E-state index in [-0.39, 0.29) is 5.82 Å². The molecule has 0 aliphatic heterocycles. The number of nitrogen functional groups attached to an aromatic ring is 1. The van der Waals surface area contributed by atoms with Crippen LogP contribution in [0, 0.1) is 5.82 Å². The molecule has 0 saturated carbocycles. The van der Waals surface area contributed by atoms with Crippen molar-refractivity contribution in [1.82, 2.24) is 0 Å². The van der Waals surface area contributed by atoms with Gasteiger partial charge in [-0.3, -0.25) is 0 Å². The molecule has 0 atom stereocenters. The van der Waals surface area contributed by atoms with Crippen LogP contribution >= 0.6 is 11.3 Å². The smallest absolute Gasteiger partial charge is 0.124 e. The van der Waals surface area contributed by atoms with E-state index in [9.17, 15) is 4.39 Å². The molecule has 15 heavy (non-hydrogen) atoms. The van der Waals surface area contributed by atoms with Crippen molar-refractivity contribution in [1.29, 1.82) is 0 Å². The number of benzene rings is 1. The van der Waals surface area contributed by atoms with Crippen LogP contribution < -0.4 is 11.5 Å². The zero-order valence-electron chi connectivity index (χ0n) is 8.03. The zero-order chi connectivity index (χ0) is 10.8. The Balaban J connectivity index is 2.53. The van der Waals surface area contributed by atoms with Gasteiger partial charge in [0.1, 0.15) is 5.82 Å². The molecule has 4 N–H and O–H groups in total. The summed E-state index contributed by atoms with van der Waals surface area (Å²) < 4.78 is 13.2. The van der Waals surface area contributed by atoms with Crippen LogP contribution in [0.25, 0.3) is 10.4 Å². The lowest BCUT2D eigenvalue weighted by Gasteiger charge is -2.03. The molecule has 1 heterocycles. The predicted molar refractivity (Wildman–Crippen MR) is 62.0 cm³/mol. The molecule has 0 fully saturated rings. The lowest BCUT2D eigenvalue weighted by Crippen LogP contribution is -1.97. The molecule has 78 valence electrons. The van der Waals surface area contributed by atoms with Crippen LogP contribution in [0.3, 0.4) is 0 Å². The molecule has 2 rings (SSSR count). The Bertz CT molecular complexity index is 479. The molecule has 2 nitrogen and oxygen atoms in total. The zero-order valence-corrected chi connectivity index (χ0v) is 8.85. The van der Waals surface area contributed by atoms with Crippen molar-refractivity contribution in [2.75, 3.05) is 5.73 Å². The van der Waals surface area contributed by atoms with Crippen molar-refractivity contribution in [2.45, 2.75) is 6.54 Å². The number of nitrogens with two attached hydrogens (primary N) is 2. The second-order valence-corrected chi connectivity index (χ2v) is 4.17. The minimum atomic E-state index is -0.277. The highest BCUT2D eigenvalue weighted by molar-refractivity contribution is 7.14. The van der Waals surface area contributed by atoms with E-state index in [1.54, 1.807) is 0 Å². The average Bonchev–Trinajstić information content (AvgIpc) is 2.63. The molecule has 1 aromatic heterocycles. The third kappa shape index (κ3) is 2.00. The van der Waals surface area contributed by atoms with Gasteiger partial charge in [0.2, 0.25) is 0 Å². The van der Waals surface area contributed by atoms with Gasteiger partial charge in [0.05, 0.1) is 10.6 Å². The summed E-state index contributed by atoms with van der Waals surface area (Å²) in [6, 6.07) is 6.59. The van der Waals surface area contributed by atoms with Gasteiger partial charge in [-0.15, -0.1) is 11.3 Å². The fraction of sp³-hybridized carbons (Fsp3) is 0.0909. The molecule has 2 aromatic rings. The third-order valence-corrected chi connectivity index (χ3v) is 3.13. The number of hydrogen-bond acceptors (Lipinski definition) is 3. The first-order valence-electron chi connectivity index (χ1n) is 4.53. The summed E-state index contributed by atoms with van der Waals surface area (Å²) in [6.45, 7) is 0.329. The summed E-state index contributed by atoms with van der Waals surface area (Å²) >= 11 is 1.50. The Hall–Kier alpha value is -1.39. The van der Waals surface area contributed by atoms with Crippen LogP contribution in [0.15, 0.2) is 29.6 Å². The molecule has 0 aliphatic carbocycles. The molecular formula is C11H11FN2S. The summed E-state index contributed by atoms with van der Waals surface area (Å²) in [7, 11) is 0. The van der Waals surface area contributed by atoms with Gasteiger partial charge in [0.25, 0.3) is 0 Å². The van der Waals surface area contributed by atoms with Crippen LogP contribution in [-0.4, -0.2) is 0 Å². The molecular weight excluding hydrogens is 211 g/mol. The van der Waals surface area contributed by atoms with Crippen molar-refractivity contribution >= 4 is 17.0 Å². The molecule has 0 bridgehead atoms. The van der Waals surface area contributed by atoms with Crippen LogP contribution in [0.5, 0.6) is 0 Å². The van der Waals surface area contributed by atoms with E-state index < -0.39 is 0 Å². The summed E-state index contributed by atoms with van der Waals surface area (Å²) in [4.78, 5) is 0.893. The maximum atomic E-state index is 13.2. The summed E-state index contributed by atoms with van der Waals surface area (Å²) in [5.41, 5.74) is 13.5. The van der Waals surface area contributed by atoms with Crippen LogP contribution in [-0.2, 0) is 6.54 Å². The highest BCUT2D eigenvalue weighted by atomic mass is 32.1. The summed E-state index contributed by atoms with van der Waals surface area (Å²) in [5, 5.41) is 1.89. The summed E-state index contributed by atoms with van der Waals surface area (Å²) in [5.74, 6) is -0.277. The summed E-state index contributed by atoms with van der Waals surface area (Å²) in [6.07, 6.45) is 0. The second kappa shape index (κ2) is 4.00. The number of halogens is 1. The van der Waals surface area contributed by atoms with Gasteiger partial charge < -0.3 is 11.5 Å². The number of rotatable bonds is 2. The predicted octanol–water partition coefficient (Wildman–Crippen LogP) is 2.60. The maximum Gasteiger partial charge on any atom is 0.124 e. The lowest BCUT2D eigenvalue weighted by molar-refractivity contribution is 0.626.